The minimum absolute atomic E-state index is 0.0371. The number of carbonyl (C=O) groups is 2. The van der Waals surface area contributed by atoms with Crippen molar-refractivity contribution in [3.8, 4) is 0 Å². The quantitative estimate of drug-likeness (QED) is 0.755. The predicted octanol–water partition coefficient (Wildman–Crippen LogP) is 0.190. The highest BCUT2D eigenvalue weighted by atomic mass is 16.2. The molecular formula is C17H27N5O2. The second-order valence-electron chi connectivity index (χ2n) is 6.93. The lowest BCUT2D eigenvalue weighted by Gasteiger charge is -2.41. The number of piperidine rings is 1. The second kappa shape index (κ2) is 7.79. The maximum Gasteiger partial charge on any atom is 0.226 e. The molecule has 132 valence electrons. The molecule has 0 unspecified atom stereocenters. The summed E-state index contributed by atoms with van der Waals surface area (Å²) in [6.07, 6.45) is 6.41. The van der Waals surface area contributed by atoms with E-state index < -0.39 is 0 Å². The molecule has 1 aromatic heterocycles. The van der Waals surface area contributed by atoms with Gasteiger partial charge in [0.1, 0.15) is 0 Å². The third-order valence-electron chi connectivity index (χ3n) is 5.05. The zero-order valence-electron chi connectivity index (χ0n) is 14.4. The number of likely N-dealkylation sites (tertiary alicyclic amines) is 2. The summed E-state index contributed by atoms with van der Waals surface area (Å²) in [5.41, 5.74) is 0. The predicted molar refractivity (Wildman–Crippen MR) is 90.1 cm³/mol. The van der Waals surface area contributed by atoms with Gasteiger partial charge in [0.05, 0.1) is 5.92 Å². The monoisotopic (exact) mass is 333 g/mol. The van der Waals surface area contributed by atoms with Gasteiger partial charge in [0.15, 0.2) is 0 Å². The molecule has 2 amide bonds. The van der Waals surface area contributed by atoms with Crippen molar-refractivity contribution in [2.75, 3.05) is 39.8 Å². The van der Waals surface area contributed by atoms with Crippen LogP contribution in [-0.2, 0) is 16.1 Å². The van der Waals surface area contributed by atoms with Gasteiger partial charge in [-0.15, -0.1) is 0 Å². The molecule has 7 nitrogen and oxygen atoms in total. The summed E-state index contributed by atoms with van der Waals surface area (Å²) in [6, 6.07) is 1.89. The van der Waals surface area contributed by atoms with Crippen LogP contribution in [0.4, 0.5) is 0 Å². The van der Waals surface area contributed by atoms with Crippen molar-refractivity contribution in [1.82, 2.24) is 24.9 Å². The van der Waals surface area contributed by atoms with Crippen LogP contribution in [-0.4, -0.2) is 71.2 Å². The molecule has 0 saturated carbocycles. The van der Waals surface area contributed by atoms with Gasteiger partial charge >= 0.3 is 0 Å². The van der Waals surface area contributed by atoms with E-state index in [1.165, 1.54) is 0 Å². The zero-order chi connectivity index (χ0) is 16.9. The van der Waals surface area contributed by atoms with Crippen LogP contribution in [0.25, 0.3) is 0 Å². The molecular weight excluding hydrogens is 306 g/mol. The Morgan fingerprint density at radius 2 is 1.96 bits per heavy atom. The lowest BCUT2D eigenvalue weighted by atomic mass is 9.91. The van der Waals surface area contributed by atoms with E-state index >= 15 is 0 Å². The van der Waals surface area contributed by atoms with Crippen LogP contribution in [0.1, 0.15) is 19.3 Å². The van der Waals surface area contributed by atoms with Crippen molar-refractivity contribution in [3.05, 3.63) is 18.5 Å². The fraction of sp³-hybridized carbons (Fsp3) is 0.706. The molecule has 1 aromatic rings. The minimum Gasteiger partial charge on any atom is -0.356 e. The first-order valence-electron chi connectivity index (χ1n) is 8.86. The average molecular weight is 333 g/mol. The Labute approximate surface area is 143 Å². The van der Waals surface area contributed by atoms with Gasteiger partial charge in [-0.2, -0.15) is 5.10 Å². The van der Waals surface area contributed by atoms with Gasteiger partial charge in [0.25, 0.3) is 0 Å². The third kappa shape index (κ3) is 4.14. The number of nitrogens with one attached hydrogen (secondary N) is 1. The molecule has 24 heavy (non-hydrogen) atoms. The summed E-state index contributed by atoms with van der Waals surface area (Å²) >= 11 is 0. The SMILES string of the molecule is CN1CCC(C(=O)N2CC(C(=O)NCCCn3cccn3)C2)CC1. The lowest BCUT2D eigenvalue weighted by Crippen LogP contribution is -2.57. The summed E-state index contributed by atoms with van der Waals surface area (Å²) in [7, 11) is 2.09. The molecule has 2 saturated heterocycles. The van der Waals surface area contributed by atoms with Gasteiger partial charge in [-0.1, -0.05) is 0 Å². The molecule has 2 fully saturated rings. The lowest BCUT2D eigenvalue weighted by molar-refractivity contribution is -0.147. The zero-order valence-corrected chi connectivity index (χ0v) is 14.4. The fourth-order valence-corrected chi connectivity index (χ4v) is 3.37. The Morgan fingerprint density at radius 1 is 1.21 bits per heavy atom. The summed E-state index contributed by atoms with van der Waals surface area (Å²) < 4.78 is 1.86. The van der Waals surface area contributed by atoms with Crippen LogP contribution in [0.2, 0.25) is 0 Å². The van der Waals surface area contributed by atoms with Crippen LogP contribution < -0.4 is 5.32 Å². The van der Waals surface area contributed by atoms with Crippen LogP contribution in [0, 0.1) is 11.8 Å². The molecule has 0 bridgehead atoms. The van der Waals surface area contributed by atoms with E-state index in [1.807, 2.05) is 21.8 Å². The molecule has 7 heteroatoms. The van der Waals surface area contributed by atoms with E-state index in [9.17, 15) is 9.59 Å². The number of aromatic nitrogens is 2. The van der Waals surface area contributed by atoms with Gasteiger partial charge in [-0.3, -0.25) is 14.3 Å². The summed E-state index contributed by atoms with van der Waals surface area (Å²) in [6.45, 7) is 4.60. The van der Waals surface area contributed by atoms with Gasteiger partial charge in [0, 0.05) is 44.5 Å². The van der Waals surface area contributed by atoms with Gasteiger partial charge in [-0.25, -0.2) is 0 Å². The van der Waals surface area contributed by atoms with E-state index in [-0.39, 0.29) is 23.7 Å². The van der Waals surface area contributed by atoms with Crippen LogP contribution in [0.15, 0.2) is 18.5 Å². The molecule has 2 aliphatic heterocycles. The first kappa shape index (κ1) is 17.0. The van der Waals surface area contributed by atoms with Crippen molar-refractivity contribution in [2.24, 2.45) is 11.8 Å². The molecule has 0 spiro atoms. The Kier molecular flexibility index (Phi) is 5.50. The average Bonchev–Trinajstić information content (AvgIpc) is 3.04. The van der Waals surface area contributed by atoms with Gasteiger partial charge in [0.2, 0.25) is 11.8 Å². The van der Waals surface area contributed by atoms with Crippen molar-refractivity contribution in [3.63, 3.8) is 0 Å². The number of amides is 2. The van der Waals surface area contributed by atoms with Crippen LogP contribution in [0.5, 0.6) is 0 Å². The van der Waals surface area contributed by atoms with E-state index in [2.05, 4.69) is 22.4 Å². The highest BCUT2D eigenvalue weighted by Gasteiger charge is 2.38. The van der Waals surface area contributed by atoms with Gasteiger partial charge < -0.3 is 15.1 Å². The molecule has 3 rings (SSSR count). The summed E-state index contributed by atoms with van der Waals surface area (Å²) in [4.78, 5) is 28.6. The molecule has 0 aromatic carbocycles. The maximum absolute atomic E-state index is 12.4. The Morgan fingerprint density at radius 3 is 2.62 bits per heavy atom. The molecule has 0 radical (unpaired) electrons. The number of rotatable bonds is 6. The maximum atomic E-state index is 12.4. The Hall–Kier alpha value is -1.89. The largest absolute Gasteiger partial charge is 0.356 e. The van der Waals surface area contributed by atoms with E-state index in [4.69, 9.17) is 0 Å². The molecule has 2 aliphatic rings. The van der Waals surface area contributed by atoms with Crippen molar-refractivity contribution in [1.29, 1.82) is 0 Å². The van der Waals surface area contributed by atoms with E-state index in [0.717, 1.165) is 38.9 Å². The van der Waals surface area contributed by atoms with Crippen molar-refractivity contribution in [2.45, 2.75) is 25.8 Å². The van der Waals surface area contributed by atoms with Crippen LogP contribution >= 0.6 is 0 Å². The first-order chi connectivity index (χ1) is 11.6. The van der Waals surface area contributed by atoms with Crippen molar-refractivity contribution >= 4 is 11.8 Å². The normalized spacial score (nSPS) is 20.0. The Balaban J connectivity index is 1.31. The number of hydrogen-bond donors (Lipinski definition) is 1. The molecule has 1 N–H and O–H groups in total. The fourth-order valence-electron chi connectivity index (χ4n) is 3.37. The molecule has 0 atom stereocenters. The number of hydrogen-bond acceptors (Lipinski definition) is 4. The summed E-state index contributed by atoms with van der Waals surface area (Å²) in [5.74, 6) is 0.429. The van der Waals surface area contributed by atoms with Gasteiger partial charge in [-0.05, 0) is 45.5 Å². The number of nitrogens with zero attached hydrogens (tertiary/aromatic N) is 4. The van der Waals surface area contributed by atoms with E-state index in [0.29, 0.717) is 19.6 Å². The molecule has 3 heterocycles. The molecule has 0 aliphatic carbocycles. The first-order valence-corrected chi connectivity index (χ1v) is 8.86. The van der Waals surface area contributed by atoms with Crippen molar-refractivity contribution < 1.29 is 9.59 Å². The highest BCUT2D eigenvalue weighted by molar-refractivity contribution is 5.85. The third-order valence-corrected chi connectivity index (χ3v) is 5.05. The summed E-state index contributed by atoms with van der Waals surface area (Å²) in [5, 5.41) is 7.10. The Bertz CT molecular complexity index is 545. The number of aryl methyl sites for hydroxylation is 1. The smallest absolute Gasteiger partial charge is 0.226 e. The van der Waals surface area contributed by atoms with E-state index in [1.54, 1.807) is 6.20 Å². The standard InChI is InChI=1S/C17H27N5O2/c1-20-10-4-14(5-11-20)17(24)21-12-15(13-21)16(23)18-6-2-8-22-9-3-7-19-22/h3,7,9,14-15H,2,4-6,8,10-13H2,1H3,(H,18,23). The minimum atomic E-state index is -0.0371. The second-order valence-corrected chi connectivity index (χ2v) is 6.93. The number of carbonyl (C=O) groups excluding carboxylic acids is 2. The topological polar surface area (TPSA) is 70.5 Å². The van der Waals surface area contributed by atoms with Crippen LogP contribution in [0.3, 0.4) is 0 Å². The highest BCUT2D eigenvalue weighted by Crippen LogP contribution is 2.24.